The number of rotatable bonds is 4. The summed E-state index contributed by atoms with van der Waals surface area (Å²) in [7, 11) is 1.53. The van der Waals surface area contributed by atoms with Gasteiger partial charge in [0.1, 0.15) is 0 Å². The van der Waals surface area contributed by atoms with Crippen molar-refractivity contribution in [3.8, 4) is 5.06 Å². The Morgan fingerprint density at radius 3 is 2.76 bits per heavy atom. The van der Waals surface area contributed by atoms with Crippen LogP contribution in [-0.4, -0.2) is 40.8 Å². The summed E-state index contributed by atoms with van der Waals surface area (Å²) in [5, 5.41) is 9.87. The van der Waals surface area contributed by atoms with E-state index in [0.717, 1.165) is 0 Å². The second kappa shape index (κ2) is 6.65. The first-order chi connectivity index (χ1) is 11.8. The number of ketones is 1. The van der Waals surface area contributed by atoms with Crippen LogP contribution in [0.15, 0.2) is 34.0 Å². The molecule has 2 heterocycles. The third-order valence-corrected chi connectivity index (χ3v) is 5.88. The van der Waals surface area contributed by atoms with Crippen molar-refractivity contribution in [1.82, 2.24) is 4.90 Å². The fourth-order valence-corrected chi connectivity index (χ4v) is 4.41. The number of thiophene rings is 1. The van der Waals surface area contributed by atoms with Gasteiger partial charge in [0.2, 0.25) is 0 Å². The molecule has 1 aromatic rings. The first kappa shape index (κ1) is 17.7. The Morgan fingerprint density at radius 2 is 2.16 bits per heavy atom. The molecule has 0 bridgehead atoms. The second-order valence-corrected chi connectivity index (χ2v) is 7.26. The van der Waals surface area contributed by atoms with Crippen LogP contribution in [0.25, 0.3) is 0 Å². The molecule has 0 saturated heterocycles. The van der Waals surface area contributed by atoms with Crippen LogP contribution in [0.4, 0.5) is 0 Å². The monoisotopic (exact) mass is 381 g/mol. The minimum atomic E-state index is -1.03. The van der Waals surface area contributed by atoms with Gasteiger partial charge in [-0.05, 0) is 31.1 Å². The normalized spacial score (nSPS) is 20.2. The Morgan fingerprint density at radius 1 is 1.44 bits per heavy atom. The van der Waals surface area contributed by atoms with E-state index in [9.17, 15) is 19.5 Å². The number of fused-ring (bicyclic) bond motifs is 1. The minimum Gasteiger partial charge on any atom is -0.487 e. The van der Waals surface area contributed by atoms with Crippen LogP contribution >= 0.6 is 22.9 Å². The van der Waals surface area contributed by atoms with E-state index in [2.05, 4.69) is 0 Å². The second-order valence-electron chi connectivity index (χ2n) is 5.84. The lowest BCUT2D eigenvalue weighted by molar-refractivity contribution is -0.136. The number of hydrogen-bond donors (Lipinski definition) is 1. The fourth-order valence-electron chi connectivity index (χ4n) is 3.32. The Hall–Kier alpha value is -2.12. The van der Waals surface area contributed by atoms with Crippen molar-refractivity contribution in [2.45, 2.75) is 32.2 Å². The molecule has 6 nitrogen and oxygen atoms in total. The first-order valence-electron chi connectivity index (χ1n) is 7.67. The number of carboxylic acid groups (broad SMARTS) is 1. The number of methoxy groups -OCH3 is 1. The van der Waals surface area contributed by atoms with Gasteiger partial charge < -0.3 is 14.7 Å². The molecule has 1 aromatic heterocycles. The summed E-state index contributed by atoms with van der Waals surface area (Å²) < 4.78 is 5.13. The highest BCUT2D eigenvalue weighted by Gasteiger charge is 2.43. The van der Waals surface area contributed by atoms with Gasteiger partial charge in [0.25, 0.3) is 5.91 Å². The predicted octanol–water partition coefficient (Wildman–Crippen LogP) is 3.19. The summed E-state index contributed by atoms with van der Waals surface area (Å²) in [5.41, 5.74) is 1.47. The van der Waals surface area contributed by atoms with E-state index in [0.29, 0.717) is 33.2 Å². The molecule has 1 aliphatic carbocycles. The fraction of sp³-hybridized carbons (Fsp3) is 0.353. The zero-order valence-corrected chi connectivity index (χ0v) is 15.2. The third-order valence-electron chi connectivity index (χ3n) is 4.43. The Labute approximate surface area is 153 Å². The Balaban J connectivity index is 2.07. The quantitative estimate of drug-likeness (QED) is 0.865. The van der Waals surface area contributed by atoms with Crippen LogP contribution in [0.1, 0.15) is 35.9 Å². The largest absolute Gasteiger partial charge is 0.487 e. The van der Waals surface area contributed by atoms with Crippen molar-refractivity contribution in [1.29, 1.82) is 0 Å². The molecular weight excluding hydrogens is 366 g/mol. The Bertz CT molecular complexity index is 838. The summed E-state index contributed by atoms with van der Waals surface area (Å²) in [6, 6.07) is 2.98. The molecule has 2 aliphatic rings. The molecule has 3 rings (SSSR count). The van der Waals surface area contributed by atoms with Crippen molar-refractivity contribution < 1.29 is 24.2 Å². The van der Waals surface area contributed by atoms with Crippen molar-refractivity contribution in [3.63, 3.8) is 0 Å². The average molecular weight is 382 g/mol. The van der Waals surface area contributed by atoms with E-state index in [4.69, 9.17) is 16.3 Å². The lowest BCUT2D eigenvalue weighted by Crippen LogP contribution is -2.38. The van der Waals surface area contributed by atoms with Gasteiger partial charge in [-0.2, -0.15) is 0 Å². The summed E-state index contributed by atoms with van der Waals surface area (Å²) in [6.45, 7) is 1.70. The zero-order chi connectivity index (χ0) is 18.3. The van der Waals surface area contributed by atoms with Gasteiger partial charge in [-0.25, -0.2) is 0 Å². The van der Waals surface area contributed by atoms with Gasteiger partial charge in [-0.15, -0.1) is 0 Å². The third kappa shape index (κ3) is 2.98. The number of hydrogen-bond acceptors (Lipinski definition) is 5. The molecule has 1 amide bonds. The van der Waals surface area contributed by atoms with E-state index >= 15 is 0 Å². The highest BCUT2D eigenvalue weighted by molar-refractivity contribution is 7.15. The number of carbonyl (C=O) groups is 3. The SMILES string of the molecule is COc1ccc(C(=O)N2C(C)=C(CC(=O)O)C3=C(Cl)C(=O)CCC32)s1. The van der Waals surface area contributed by atoms with Gasteiger partial charge in [-0.1, -0.05) is 22.9 Å². The summed E-state index contributed by atoms with van der Waals surface area (Å²) in [6.07, 6.45) is 0.385. The average Bonchev–Trinajstić information content (AvgIpc) is 3.14. The van der Waals surface area contributed by atoms with Crippen LogP contribution in [0.5, 0.6) is 5.06 Å². The highest BCUT2D eigenvalue weighted by atomic mass is 35.5. The molecule has 8 heteroatoms. The van der Waals surface area contributed by atoms with E-state index in [1.54, 1.807) is 24.0 Å². The van der Waals surface area contributed by atoms with Gasteiger partial charge in [0.15, 0.2) is 10.8 Å². The number of ether oxygens (including phenoxy) is 1. The van der Waals surface area contributed by atoms with Gasteiger partial charge in [0.05, 0.1) is 29.5 Å². The standard InChI is InChI=1S/C17H16ClNO5S/c1-8-9(7-13(21)22)15-10(3-4-11(20)16(15)18)19(8)17(23)12-5-6-14(24-2)25-12/h5-6,10H,3-4,7H2,1-2H3,(H,21,22). The van der Waals surface area contributed by atoms with Crippen molar-refractivity contribution in [3.05, 3.63) is 38.9 Å². The number of Topliss-reactive ketones (excluding diaryl/α,β-unsaturated/α-hetero) is 1. The lowest BCUT2D eigenvalue weighted by atomic mass is 9.89. The molecule has 0 saturated carbocycles. The number of allylic oxidation sites excluding steroid dienone is 2. The van der Waals surface area contributed by atoms with Crippen LogP contribution in [0, 0.1) is 0 Å². The minimum absolute atomic E-state index is 0.0471. The Kier molecular flexibility index (Phi) is 4.71. The zero-order valence-electron chi connectivity index (χ0n) is 13.7. The molecule has 0 aromatic carbocycles. The number of aliphatic carboxylic acids is 1. The molecule has 25 heavy (non-hydrogen) atoms. The van der Waals surface area contributed by atoms with E-state index < -0.39 is 12.0 Å². The lowest BCUT2D eigenvalue weighted by Gasteiger charge is -2.29. The summed E-state index contributed by atoms with van der Waals surface area (Å²) >= 11 is 7.42. The van der Waals surface area contributed by atoms with Crippen LogP contribution < -0.4 is 4.74 Å². The van der Waals surface area contributed by atoms with Crippen molar-refractivity contribution in [2.75, 3.05) is 7.11 Å². The van der Waals surface area contributed by atoms with Crippen LogP contribution in [0.2, 0.25) is 0 Å². The molecule has 1 unspecified atom stereocenters. The maximum atomic E-state index is 13.0. The van der Waals surface area contributed by atoms with E-state index in [-0.39, 0.29) is 29.6 Å². The summed E-state index contributed by atoms with van der Waals surface area (Å²) in [5.74, 6) is -1.49. The van der Waals surface area contributed by atoms with Gasteiger partial charge in [-0.3, -0.25) is 14.4 Å². The van der Waals surface area contributed by atoms with Crippen LogP contribution in [-0.2, 0) is 9.59 Å². The van der Waals surface area contributed by atoms with E-state index in [1.807, 2.05) is 0 Å². The maximum absolute atomic E-state index is 13.0. The van der Waals surface area contributed by atoms with Gasteiger partial charge >= 0.3 is 5.97 Å². The molecule has 1 N–H and O–H groups in total. The van der Waals surface area contributed by atoms with Gasteiger partial charge in [0, 0.05) is 17.7 Å². The predicted molar refractivity (Wildman–Crippen MR) is 92.9 cm³/mol. The molecular formula is C17H16ClNO5S. The molecule has 1 aliphatic heterocycles. The molecule has 0 fully saturated rings. The number of amides is 1. The molecule has 0 radical (unpaired) electrons. The van der Waals surface area contributed by atoms with Crippen molar-refractivity contribution >= 4 is 40.6 Å². The topological polar surface area (TPSA) is 83.9 Å². The molecule has 132 valence electrons. The molecule has 1 atom stereocenters. The number of halogens is 1. The number of carboxylic acids is 1. The smallest absolute Gasteiger partial charge is 0.307 e. The molecule has 0 spiro atoms. The maximum Gasteiger partial charge on any atom is 0.307 e. The highest BCUT2D eigenvalue weighted by Crippen LogP contribution is 2.44. The van der Waals surface area contributed by atoms with E-state index in [1.165, 1.54) is 18.4 Å². The van der Waals surface area contributed by atoms with Crippen LogP contribution in [0.3, 0.4) is 0 Å². The first-order valence-corrected chi connectivity index (χ1v) is 8.86. The number of carbonyl (C=O) groups excluding carboxylic acids is 2. The van der Waals surface area contributed by atoms with Crippen molar-refractivity contribution in [2.24, 2.45) is 0 Å². The summed E-state index contributed by atoms with van der Waals surface area (Å²) in [4.78, 5) is 38.3. The number of nitrogens with zero attached hydrogens (tertiary/aromatic N) is 1.